The molecule has 19 heavy (non-hydrogen) atoms. The third kappa shape index (κ3) is 2.63. The second-order valence-electron chi connectivity index (χ2n) is 5.36. The van der Waals surface area contributed by atoms with Gasteiger partial charge in [0.25, 0.3) is 0 Å². The Balaban J connectivity index is 2.56. The molecule has 0 spiro atoms. The normalized spacial score (nSPS) is 11.7. The first-order valence-electron chi connectivity index (χ1n) is 6.26. The molecular formula is C15H20N2O2. The quantitative estimate of drug-likeness (QED) is 0.892. The van der Waals surface area contributed by atoms with Gasteiger partial charge in [0.05, 0.1) is 19.0 Å². The number of aliphatic hydroxyl groups is 1. The van der Waals surface area contributed by atoms with E-state index in [0.29, 0.717) is 5.82 Å². The fourth-order valence-corrected chi connectivity index (χ4v) is 2.19. The van der Waals surface area contributed by atoms with Crippen molar-refractivity contribution in [3.05, 3.63) is 35.3 Å². The summed E-state index contributed by atoms with van der Waals surface area (Å²) < 4.78 is 5.45. The highest BCUT2D eigenvalue weighted by Crippen LogP contribution is 2.34. The lowest BCUT2D eigenvalue weighted by Crippen LogP contribution is -2.17. The number of nitrogens with one attached hydrogen (secondary N) is 1. The van der Waals surface area contributed by atoms with Crippen molar-refractivity contribution in [1.29, 1.82) is 0 Å². The summed E-state index contributed by atoms with van der Waals surface area (Å²) in [7, 11) is 1.66. The molecule has 1 heterocycles. The summed E-state index contributed by atoms with van der Waals surface area (Å²) in [5, 5.41) is 9.96. The van der Waals surface area contributed by atoms with Crippen LogP contribution in [0.25, 0.3) is 11.3 Å². The summed E-state index contributed by atoms with van der Waals surface area (Å²) in [6.07, 6.45) is 1.73. The Labute approximate surface area is 113 Å². The van der Waals surface area contributed by atoms with E-state index in [9.17, 15) is 5.11 Å². The number of rotatable bonds is 3. The Hall–Kier alpha value is -1.81. The number of aryl methyl sites for hydroxylation is 2. The van der Waals surface area contributed by atoms with E-state index in [2.05, 4.69) is 16.0 Å². The van der Waals surface area contributed by atoms with Crippen LogP contribution in [0.15, 0.2) is 18.3 Å². The monoisotopic (exact) mass is 260 g/mol. The minimum absolute atomic E-state index is 0.546. The maximum atomic E-state index is 9.96. The Morgan fingerprint density at radius 1 is 1.26 bits per heavy atom. The number of aromatic amines is 1. The van der Waals surface area contributed by atoms with Crippen LogP contribution in [-0.2, 0) is 5.60 Å². The molecule has 102 valence electrons. The van der Waals surface area contributed by atoms with Crippen LogP contribution in [0.5, 0.6) is 5.75 Å². The summed E-state index contributed by atoms with van der Waals surface area (Å²) in [4.78, 5) is 7.40. The van der Waals surface area contributed by atoms with Gasteiger partial charge in [0, 0.05) is 5.56 Å². The van der Waals surface area contributed by atoms with Crippen LogP contribution in [0.3, 0.4) is 0 Å². The molecule has 2 rings (SSSR count). The number of benzene rings is 1. The first kappa shape index (κ1) is 13.6. The van der Waals surface area contributed by atoms with Crippen molar-refractivity contribution in [3.8, 4) is 17.0 Å². The van der Waals surface area contributed by atoms with Crippen LogP contribution < -0.4 is 4.74 Å². The molecule has 0 aliphatic carbocycles. The highest BCUT2D eigenvalue weighted by Gasteiger charge is 2.21. The molecule has 4 heteroatoms. The summed E-state index contributed by atoms with van der Waals surface area (Å²) in [6.45, 7) is 7.48. The first-order chi connectivity index (χ1) is 8.82. The second-order valence-corrected chi connectivity index (χ2v) is 5.36. The minimum atomic E-state index is -0.982. The molecule has 2 aromatic rings. The van der Waals surface area contributed by atoms with Crippen LogP contribution in [0.1, 0.15) is 30.8 Å². The summed E-state index contributed by atoms with van der Waals surface area (Å²) in [6, 6.07) is 4.09. The molecule has 0 aliphatic heterocycles. The maximum Gasteiger partial charge on any atom is 0.138 e. The predicted molar refractivity (Wildman–Crippen MR) is 75.3 cm³/mol. The summed E-state index contributed by atoms with van der Waals surface area (Å²) >= 11 is 0. The highest BCUT2D eigenvalue weighted by molar-refractivity contribution is 5.71. The molecule has 4 nitrogen and oxygen atoms in total. The Kier molecular flexibility index (Phi) is 3.37. The highest BCUT2D eigenvalue weighted by atomic mass is 16.5. The second kappa shape index (κ2) is 4.70. The molecule has 0 unspecified atom stereocenters. The van der Waals surface area contributed by atoms with Gasteiger partial charge in [-0.2, -0.15) is 0 Å². The fraction of sp³-hybridized carbons (Fsp3) is 0.400. The number of ether oxygens (including phenoxy) is 1. The van der Waals surface area contributed by atoms with Gasteiger partial charge in [0.15, 0.2) is 0 Å². The van der Waals surface area contributed by atoms with Crippen molar-refractivity contribution in [2.24, 2.45) is 0 Å². The number of aromatic nitrogens is 2. The third-order valence-corrected chi connectivity index (χ3v) is 3.09. The van der Waals surface area contributed by atoms with Gasteiger partial charge < -0.3 is 14.8 Å². The Morgan fingerprint density at radius 3 is 2.47 bits per heavy atom. The van der Waals surface area contributed by atoms with Crippen LogP contribution in [-0.4, -0.2) is 22.2 Å². The lowest BCUT2D eigenvalue weighted by Gasteiger charge is -2.14. The predicted octanol–water partition coefficient (Wildman–Crippen LogP) is 2.93. The molecule has 1 aromatic heterocycles. The topological polar surface area (TPSA) is 58.1 Å². The lowest BCUT2D eigenvalue weighted by atomic mass is 10.0. The number of hydrogen-bond donors (Lipinski definition) is 2. The van der Waals surface area contributed by atoms with Crippen LogP contribution >= 0.6 is 0 Å². The molecule has 0 amide bonds. The molecule has 0 fully saturated rings. The van der Waals surface area contributed by atoms with Gasteiger partial charge in [-0.25, -0.2) is 4.98 Å². The van der Waals surface area contributed by atoms with Gasteiger partial charge >= 0.3 is 0 Å². The molecule has 1 aromatic carbocycles. The van der Waals surface area contributed by atoms with E-state index in [-0.39, 0.29) is 0 Å². The van der Waals surface area contributed by atoms with Crippen molar-refractivity contribution >= 4 is 0 Å². The third-order valence-electron chi connectivity index (χ3n) is 3.09. The first-order valence-corrected chi connectivity index (χ1v) is 6.26. The van der Waals surface area contributed by atoms with Crippen molar-refractivity contribution in [3.63, 3.8) is 0 Å². The van der Waals surface area contributed by atoms with E-state index in [1.807, 2.05) is 19.9 Å². The van der Waals surface area contributed by atoms with Crippen LogP contribution in [0, 0.1) is 13.8 Å². The zero-order valence-electron chi connectivity index (χ0n) is 12.0. The van der Waals surface area contributed by atoms with E-state index < -0.39 is 5.60 Å². The van der Waals surface area contributed by atoms with E-state index in [0.717, 1.165) is 28.1 Å². The van der Waals surface area contributed by atoms with Crippen molar-refractivity contribution in [2.75, 3.05) is 7.11 Å². The van der Waals surface area contributed by atoms with Crippen molar-refractivity contribution in [2.45, 2.75) is 33.3 Å². The summed E-state index contributed by atoms with van der Waals surface area (Å²) in [5.41, 5.74) is 3.12. The van der Waals surface area contributed by atoms with Gasteiger partial charge in [-0.15, -0.1) is 0 Å². The number of methoxy groups -OCH3 is 1. The average Bonchev–Trinajstić information content (AvgIpc) is 2.76. The van der Waals surface area contributed by atoms with E-state index in [4.69, 9.17) is 4.74 Å². The standard InChI is InChI=1S/C15H20N2O2/c1-9-6-10(2)13(12(7-9)19-5)11-8-16-14(17-11)15(3,4)18/h6-8,18H,1-5H3,(H,16,17). The van der Waals surface area contributed by atoms with E-state index in [1.54, 1.807) is 27.2 Å². The zero-order valence-corrected chi connectivity index (χ0v) is 12.0. The van der Waals surface area contributed by atoms with Gasteiger partial charge in [0.1, 0.15) is 17.2 Å². The van der Waals surface area contributed by atoms with Crippen LogP contribution in [0.2, 0.25) is 0 Å². The smallest absolute Gasteiger partial charge is 0.138 e. The fourth-order valence-electron chi connectivity index (χ4n) is 2.19. The molecule has 0 bridgehead atoms. The van der Waals surface area contributed by atoms with Gasteiger partial charge in [-0.05, 0) is 44.9 Å². The SMILES string of the molecule is COc1cc(C)cc(C)c1-c1cnc(C(C)(C)O)[nH]1. The molecule has 0 aliphatic rings. The maximum absolute atomic E-state index is 9.96. The zero-order chi connectivity index (χ0) is 14.2. The van der Waals surface area contributed by atoms with Crippen LogP contribution in [0.4, 0.5) is 0 Å². The minimum Gasteiger partial charge on any atom is -0.496 e. The average molecular weight is 260 g/mol. The molecule has 2 N–H and O–H groups in total. The van der Waals surface area contributed by atoms with Gasteiger partial charge in [-0.1, -0.05) is 6.07 Å². The van der Waals surface area contributed by atoms with Gasteiger partial charge in [-0.3, -0.25) is 0 Å². The van der Waals surface area contributed by atoms with Gasteiger partial charge in [0.2, 0.25) is 0 Å². The Morgan fingerprint density at radius 2 is 1.95 bits per heavy atom. The molecule has 0 atom stereocenters. The molecule has 0 saturated carbocycles. The number of H-pyrrole nitrogens is 1. The van der Waals surface area contributed by atoms with Crippen molar-refractivity contribution in [1.82, 2.24) is 9.97 Å². The number of hydrogen-bond acceptors (Lipinski definition) is 3. The summed E-state index contributed by atoms with van der Waals surface area (Å²) in [5.74, 6) is 1.35. The largest absolute Gasteiger partial charge is 0.496 e. The molecule has 0 radical (unpaired) electrons. The lowest BCUT2D eigenvalue weighted by molar-refractivity contribution is 0.0697. The van der Waals surface area contributed by atoms with Crippen molar-refractivity contribution < 1.29 is 9.84 Å². The number of nitrogens with zero attached hydrogens (tertiary/aromatic N) is 1. The van der Waals surface area contributed by atoms with E-state index in [1.165, 1.54) is 0 Å². The number of imidazole rings is 1. The Bertz CT molecular complexity index is 595. The molecule has 0 saturated heterocycles. The van der Waals surface area contributed by atoms with E-state index >= 15 is 0 Å². The molecular weight excluding hydrogens is 240 g/mol.